The van der Waals surface area contributed by atoms with Crippen LogP contribution in [0, 0.1) is 0 Å². The van der Waals surface area contributed by atoms with Crippen LogP contribution in [-0.2, 0) is 23.7 Å². The molecule has 4 aromatic carbocycles. The van der Waals surface area contributed by atoms with E-state index in [0.29, 0.717) is 11.5 Å². The van der Waals surface area contributed by atoms with E-state index >= 15 is 0 Å². The highest BCUT2D eigenvalue weighted by Crippen LogP contribution is 2.26. The minimum absolute atomic E-state index is 0.257. The SMILES string of the molecule is CC(C)(C)OC(=O)OC(=O)OC(C)(C)C.CC(C)(C)OC(=O)Oc1ccc(-c2ccc(OC(=O)OC(C)(C)C)cc2)cc1.Oc1ccc(-c2ccc(O)cc2)cc1. The molecule has 0 fully saturated rings. The summed E-state index contributed by atoms with van der Waals surface area (Å²) >= 11 is 0. The molecule has 0 bridgehead atoms. The lowest BCUT2D eigenvalue weighted by Gasteiger charge is -2.20. The molecule has 0 radical (unpaired) electrons. The highest BCUT2D eigenvalue weighted by Gasteiger charge is 2.24. The average molecular weight is 791 g/mol. The molecular formula is C44H54O13. The Labute approximate surface area is 334 Å². The number of phenols is 2. The Morgan fingerprint density at radius 1 is 0.351 bits per heavy atom. The summed E-state index contributed by atoms with van der Waals surface area (Å²) < 4.78 is 34.3. The molecule has 57 heavy (non-hydrogen) atoms. The highest BCUT2D eigenvalue weighted by atomic mass is 16.8. The number of carbonyl (C=O) groups is 4. The predicted molar refractivity (Wildman–Crippen MR) is 214 cm³/mol. The molecule has 308 valence electrons. The first-order valence-electron chi connectivity index (χ1n) is 17.9. The van der Waals surface area contributed by atoms with Gasteiger partial charge in [-0.3, -0.25) is 0 Å². The van der Waals surface area contributed by atoms with E-state index in [0.717, 1.165) is 22.3 Å². The molecule has 0 saturated heterocycles. The Morgan fingerprint density at radius 2 is 0.561 bits per heavy atom. The summed E-state index contributed by atoms with van der Waals surface area (Å²) in [7, 11) is 0. The van der Waals surface area contributed by atoms with E-state index in [2.05, 4.69) is 4.74 Å². The Morgan fingerprint density at radius 3 is 0.789 bits per heavy atom. The lowest BCUT2D eigenvalue weighted by atomic mass is 10.1. The summed E-state index contributed by atoms with van der Waals surface area (Å²) in [6.45, 7) is 20.6. The molecule has 0 atom stereocenters. The number of aromatic hydroxyl groups is 2. The Kier molecular flexibility index (Phi) is 16.5. The van der Waals surface area contributed by atoms with Crippen molar-refractivity contribution in [3.8, 4) is 45.3 Å². The van der Waals surface area contributed by atoms with Crippen LogP contribution in [0.4, 0.5) is 19.2 Å². The molecule has 0 spiro atoms. The number of rotatable bonds is 4. The number of ether oxygens (including phenoxy) is 7. The minimum atomic E-state index is -1.06. The van der Waals surface area contributed by atoms with Gasteiger partial charge in [0.2, 0.25) is 0 Å². The molecule has 0 aliphatic rings. The van der Waals surface area contributed by atoms with Gasteiger partial charge in [-0.25, -0.2) is 19.2 Å². The van der Waals surface area contributed by atoms with E-state index in [4.69, 9.17) is 38.6 Å². The zero-order valence-electron chi connectivity index (χ0n) is 34.6. The number of hydrogen-bond donors (Lipinski definition) is 2. The Hall–Kier alpha value is -6.24. The van der Waals surface area contributed by atoms with Crippen LogP contribution in [0.15, 0.2) is 97.1 Å². The van der Waals surface area contributed by atoms with Crippen LogP contribution >= 0.6 is 0 Å². The quantitative estimate of drug-likeness (QED) is 0.0866. The topological polar surface area (TPSA) is 173 Å². The third-order valence-corrected chi connectivity index (χ3v) is 6.24. The predicted octanol–water partition coefficient (Wildman–Crippen LogP) is 11.6. The summed E-state index contributed by atoms with van der Waals surface area (Å²) in [4.78, 5) is 45.4. The van der Waals surface area contributed by atoms with Crippen molar-refractivity contribution in [1.29, 1.82) is 0 Å². The number of carbonyl (C=O) groups excluding carboxylic acids is 4. The minimum Gasteiger partial charge on any atom is -0.508 e. The van der Waals surface area contributed by atoms with Gasteiger partial charge in [-0.1, -0.05) is 48.5 Å². The standard InChI is InChI=1S/C22H26O6.C12H10O2.C10H18O5/c1-21(2,3)27-19(23)25-17-11-7-15(8-12-17)16-9-13-18(14-10-16)26-20(24)28-22(4,5)6;13-11-5-1-9(2-6-11)10-3-7-12(14)8-4-10;1-9(2,3)14-7(11)13-8(12)15-10(4,5)6/h7-14H,1-6H3;1-8,13-14H;1-6H3. The van der Waals surface area contributed by atoms with Crippen LogP contribution in [0.2, 0.25) is 0 Å². The van der Waals surface area contributed by atoms with Crippen LogP contribution in [0.5, 0.6) is 23.0 Å². The molecule has 0 aliphatic heterocycles. The van der Waals surface area contributed by atoms with E-state index in [1.165, 1.54) is 0 Å². The van der Waals surface area contributed by atoms with Gasteiger partial charge in [0.15, 0.2) is 0 Å². The average Bonchev–Trinajstić information content (AvgIpc) is 3.03. The summed E-state index contributed by atoms with van der Waals surface area (Å²) in [5, 5.41) is 18.2. The molecule has 0 aromatic heterocycles. The lowest BCUT2D eigenvalue weighted by Crippen LogP contribution is -2.29. The smallest absolute Gasteiger partial charge is 0.508 e. The zero-order valence-corrected chi connectivity index (χ0v) is 34.6. The van der Waals surface area contributed by atoms with Gasteiger partial charge < -0.3 is 43.4 Å². The summed E-state index contributed by atoms with van der Waals surface area (Å²) in [5.41, 5.74) is 1.25. The molecule has 0 amide bonds. The first-order valence-corrected chi connectivity index (χ1v) is 17.9. The van der Waals surface area contributed by atoms with Gasteiger partial charge in [0.1, 0.15) is 45.4 Å². The second kappa shape index (κ2) is 20.1. The second-order valence-corrected chi connectivity index (χ2v) is 16.3. The summed E-state index contributed by atoms with van der Waals surface area (Å²) in [6, 6.07) is 27.9. The molecule has 4 rings (SSSR count). The van der Waals surface area contributed by atoms with Crippen molar-refractivity contribution in [2.24, 2.45) is 0 Å². The monoisotopic (exact) mass is 790 g/mol. The lowest BCUT2D eigenvalue weighted by molar-refractivity contribution is -0.0295. The maximum atomic E-state index is 11.7. The van der Waals surface area contributed by atoms with Crippen molar-refractivity contribution in [3.05, 3.63) is 97.1 Å². The molecule has 0 saturated carbocycles. The van der Waals surface area contributed by atoms with Crippen LogP contribution in [0.1, 0.15) is 83.1 Å². The second-order valence-electron chi connectivity index (χ2n) is 16.3. The van der Waals surface area contributed by atoms with Crippen LogP contribution in [-0.4, -0.2) is 57.2 Å². The largest absolute Gasteiger partial charge is 0.519 e. The fourth-order valence-corrected chi connectivity index (χ4v) is 4.08. The third-order valence-electron chi connectivity index (χ3n) is 6.24. The molecule has 4 aromatic rings. The number of phenolic OH excluding ortho intramolecular Hbond substituents is 2. The molecule has 2 N–H and O–H groups in total. The Balaban J connectivity index is 0.000000325. The van der Waals surface area contributed by atoms with Gasteiger partial charge in [-0.05, 0) is 154 Å². The molecular weight excluding hydrogens is 736 g/mol. The maximum Gasteiger partial charge on any atom is 0.519 e. The van der Waals surface area contributed by atoms with Gasteiger partial charge in [-0.2, -0.15) is 0 Å². The van der Waals surface area contributed by atoms with Crippen molar-refractivity contribution in [1.82, 2.24) is 0 Å². The maximum absolute atomic E-state index is 11.7. The molecule has 0 aliphatic carbocycles. The fraction of sp³-hybridized carbons (Fsp3) is 0.364. The van der Waals surface area contributed by atoms with Gasteiger partial charge in [0.25, 0.3) is 0 Å². The van der Waals surface area contributed by atoms with E-state index in [-0.39, 0.29) is 11.5 Å². The summed E-state index contributed by atoms with van der Waals surface area (Å²) in [5.74, 6) is 1.30. The van der Waals surface area contributed by atoms with E-state index < -0.39 is 47.0 Å². The van der Waals surface area contributed by atoms with Crippen LogP contribution in [0.25, 0.3) is 22.3 Å². The van der Waals surface area contributed by atoms with E-state index in [1.807, 2.05) is 48.5 Å². The first kappa shape index (κ1) is 46.9. The van der Waals surface area contributed by atoms with Gasteiger partial charge >= 0.3 is 24.6 Å². The van der Waals surface area contributed by atoms with Crippen LogP contribution in [0.3, 0.4) is 0 Å². The van der Waals surface area contributed by atoms with Crippen molar-refractivity contribution in [3.63, 3.8) is 0 Å². The van der Waals surface area contributed by atoms with Crippen molar-refractivity contribution >= 4 is 24.6 Å². The molecule has 13 nitrogen and oxygen atoms in total. The van der Waals surface area contributed by atoms with E-state index in [1.54, 1.807) is 132 Å². The van der Waals surface area contributed by atoms with Gasteiger partial charge in [0.05, 0.1) is 0 Å². The number of benzene rings is 4. The van der Waals surface area contributed by atoms with Crippen LogP contribution < -0.4 is 9.47 Å². The Bertz CT molecular complexity index is 1750. The van der Waals surface area contributed by atoms with Crippen molar-refractivity contribution < 1.29 is 62.5 Å². The third kappa shape index (κ3) is 20.9. The molecule has 13 heteroatoms. The fourth-order valence-electron chi connectivity index (χ4n) is 4.08. The highest BCUT2D eigenvalue weighted by molar-refractivity contribution is 5.77. The molecule has 0 unspecified atom stereocenters. The summed E-state index contributed by atoms with van der Waals surface area (Å²) in [6.07, 6.45) is -3.61. The van der Waals surface area contributed by atoms with Gasteiger partial charge in [0, 0.05) is 0 Å². The first-order chi connectivity index (χ1) is 26.2. The van der Waals surface area contributed by atoms with E-state index in [9.17, 15) is 19.2 Å². The zero-order chi connectivity index (χ0) is 43.2. The van der Waals surface area contributed by atoms with Gasteiger partial charge in [-0.15, -0.1) is 0 Å². The number of hydrogen-bond acceptors (Lipinski definition) is 13. The molecule has 0 heterocycles. The normalized spacial score (nSPS) is 11.2. The van der Waals surface area contributed by atoms with Crippen molar-refractivity contribution in [2.45, 2.75) is 105 Å². The van der Waals surface area contributed by atoms with Crippen molar-refractivity contribution in [2.75, 3.05) is 0 Å².